The van der Waals surface area contributed by atoms with Crippen LogP contribution in [0.5, 0.6) is 17.4 Å². The third kappa shape index (κ3) is 6.78. The number of halogens is 1. The van der Waals surface area contributed by atoms with Gasteiger partial charge in [0.05, 0.1) is 18.2 Å². The van der Waals surface area contributed by atoms with Crippen LogP contribution in [0, 0.1) is 0 Å². The van der Waals surface area contributed by atoms with Crippen LogP contribution in [0.1, 0.15) is 0 Å². The molecular weight excluding hydrogens is 530 g/mol. The van der Waals surface area contributed by atoms with Crippen molar-refractivity contribution in [3.05, 3.63) is 96.7 Å². The van der Waals surface area contributed by atoms with E-state index < -0.39 is 10.0 Å². The standard InChI is InChI=1S/C26H22ClN5O5S/c1-3-24(33)29-19-5-4-6-21(15-19)37-25-23(27)16-28-26(31-25)30-17-7-9-18(10-8-17)32-38(34,35)22-13-11-20(36-2)12-14-22/h3-16,32H,1H2,2H3,(H,29,33)(H,28,30,31). The van der Waals surface area contributed by atoms with Gasteiger partial charge in [-0.1, -0.05) is 24.2 Å². The van der Waals surface area contributed by atoms with Crippen molar-refractivity contribution in [1.82, 2.24) is 9.97 Å². The van der Waals surface area contributed by atoms with E-state index in [-0.39, 0.29) is 27.7 Å². The van der Waals surface area contributed by atoms with Gasteiger partial charge in [0.15, 0.2) is 0 Å². The number of rotatable bonds is 10. The Labute approximate surface area is 224 Å². The van der Waals surface area contributed by atoms with Crippen molar-refractivity contribution in [3.63, 3.8) is 0 Å². The maximum absolute atomic E-state index is 12.6. The van der Waals surface area contributed by atoms with Crippen LogP contribution in [0.4, 0.5) is 23.0 Å². The molecule has 3 aromatic carbocycles. The minimum atomic E-state index is -3.77. The van der Waals surface area contributed by atoms with E-state index in [2.05, 4.69) is 31.9 Å². The molecule has 4 aromatic rings. The van der Waals surface area contributed by atoms with Crippen molar-refractivity contribution < 1.29 is 22.7 Å². The normalized spacial score (nSPS) is 10.8. The summed E-state index contributed by atoms with van der Waals surface area (Å²) in [5.74, 6) is 0.898. The highest BCUT2D eigenvalue weighted by atomic mass is 35.5. The summed E-state index contributed by atoms with van der Waals surface area (Å²) < 4.78 is 38.7. The maximum Gasteiger partial charge on any atom is 0.261 e. The number of aromatic nitrogens is 2. The Hall–Kier alpha value is -4.61. The Morgan fingerprint density at radius 1 is 0.974 bits per heavy atom. The number of nitrogens with zero attached hydrogens (tertiary/aromatic N) is 2. The number of sulfonamides is 1. The lowest BCUT2D eigenvalue weighted by molar-refractivity contribution is -0.111. The number of benzene rings is 3. The van der Waals surface area contributed by atoms with E-state index in [1.165, 1.54) is 25.4 Å². The Bertz CT molecular complexity index is 1560. The predicted molar refractivity (Wildman–Crippen MR) is 146 cm³/mol. The number of anilines is 4. The minimum Gasteiger partial charge on any atom is -0.497 e. The molecule has 0 aliphatic rings. The fourth-order valence-corrected chi connectivity index (χ4v) is 4.33. The smallest absolute Gasteiger partial charge is 0.261 e. The van der Waals surface area contributed by atoms with Crippen LogP contribution >= 0.6 is 11.6 Å². The molecule has 0 saturated heterocycles. The lowest BCUT2D eigenvalue weighted by atomic mass is 10.3. The summed E-state index contributed by atoms with van der Waals surface area (Å²) in [5, 5.41) is 5.84. The van der Waals surface area contributed by atoms with E-state index in [1.807, 2.05) is 0 Å². The van der Waals surface area contributed by atoms with E-state index in [1.54, 1.807) is 60.7 Å². The topological polar surface area (TPSA) is 132 Å². The molecule has 0 radical (unpaired) electrons. The van der Waals surface area contributed by atoms with Crippen molar-refractivity contribution in [2.45, 2.75) is 4.90 Å². The molecule has 3 N–H and O–H groups in total. The number of hydrogen-bond donors (Lipinski definition) is 3. The first-order chi connectivity index (χ1) is 18.3. The van der Waals surface area contributed by atoms with Gasteiger partial charge in [-0.2, -0.15) is 4.98 Å². The number of nitrogens with one attached hydrogen (secondary N) is 3. The highest BCUT2D eigenvalue weighted by Gasteiger charge is 2.15. The van der Waals surface area contributed by atoms with Gasteiger partial charge in [-0.3, -0.25) is 9.52 Å². The highest BCUT2D eigenvalue weighted by molar-refractivity contribution is 7.92. The first-order valence-corrected chi connectivity index (χ1v) is 12.9. The molecule has 194 valence electrons. The average Bonchev–Trinajstić information content (AvgIpc) is 2.91. The largest absolute Gasteiger partial charge is 0.497 e. The maximum atomic E-state index is 12.6. The lowest BCUT2D eigenvalue weighted by Gasteiger charge is -2.11. The molecule has 0 aliphatic carbocycles. The molecule has 0 fully saturated rings. The van der Waals surface area contributed by atoms with Crippen LogP contribution in [0.25, 0.3) is 0 Å². The van der Waals surface area contributed by atoms with Crippen LogP contribution in [-0.2, 0) is 14.8 Å². The van der Waals surface area contributed by atoms with Crippen molar-refractivity contribution in [1.29, 1.82) is 0 Å². The summed E-state index contributed by atoms with van der Waals surface area (Å²) in [4.78, 5) is 20.1. The molecule has 1 heterocycles. The SMILES string of the molecule is C=CC(=O)Nc1cccc(Oc2nc(Nc3ccc(NS(=O)(=O)c4ccc(OC)cc4)cc3)ncc2Cl)c1. The average molecular weight is 552 g/mol. The summed E-state index contributed by atoms with van der Waals surface area (Å²) in [5.41, 5.74) is 1.48. The molecule has 0 aliphatic heterocycles. The molecule has 12 heteroatoms. The van der Waals surface area contributed by atoms with Gasteiger partial charge in [0, 0.05) is 23.1 Å². The Morgan fingerprint density at radius 2 is 1.68 bits per heavy atom. The number of methoxy groups -OCH3 is 1. The Balaban J connectivity index is 1.44. The molecule has 0 saturated carbocycles. The fourth-order valence-electron chi connectivity index (χ4n) is 3.15. The van der Waals surface area contributed by atoms with Gasteiger partial charge in [0.25, 0.3) is 10.0 Å². The van der Waals surface area contributed by atoms with Gasteiger partial charge in [-0.05, 0) is 66.7 Å². The minimum absolute atomic E-state index is 0.0974. The summed E-state index contributed by atoms with van der Waals surface area (Å²) in [6.07, 6.45) is 2.54. The lowest BCUT2D eigenvalue weighted by Crippen LogP contribution is -2.12. The van der Waals surface area contributed by atoms with Gasteiger partial charge in [-0.15, -0.1) is 0 Å². The van der Waals surface area contributed by atoms with Gasteiger partial charge in [-0.25, -0.2) is 13.4 Å². The van der Waals surface area contributed by atoms with Crippen LogP contribution < -0.4 is 24.8 Å². The van der Waals surface area contributed by atoms with Gasteiger partial charge >= 0.3 is 0 Å². The van der Waals surface area contributed by atoms with Gasteiger partial charge in [0.1, 0.15) is 16.5 Å². The van der Waals surface area contributed by atoms with Crippen molar-refractivity contribution in [2.24, 2.45) is 0 Å². The zero-order valence-electron chi connectivity index (χ0n) is 20.0. The molecule has 0 atom stereocenters. The monoisotopic (exact) mass is 551 g/mol. The van der Waals surface area contributed by atoms with E-state index in [9.17, 15) is 13.2 Å². The number of carbonyl (C=O) groups is 1. The molecule has 0 unspecified atom stereocenters. The van der Waals surface area contributed by atoms with Crippen LogP contribution in [0.15, 0.2) is 96.5 Å². The number of hydrogen-bond acceptors (Lipinski definition) is 8. The molecule has 0 spiro atoms. The number of carbonyl (C=O) groups excluding carboxylic acids is 1. The van der Waals surface area contributed by atoms with E-state index >= 15 is 0 Å². The third-order valence-electron chi connectivity index (χ3n) is 4.98. The summed E-state index contributed by atoms with van der Waals surface area (Å²) in [6.45, 7) is 3.42. The molecule has 38 heavy (non-hydrogen) atoms. The highest BCUT2D eigenvalue weighted by Crippen LogP contribution is 2.30. The second-order valence-electron chi connectivity index (χ2n) is 7.65. The first-order valence-electron chi connectivity index (χ1n) is 11.0. The number of amides is 1. The van der Waals surface area contributed by atoms with Crippen molar-refractivity contribution >= 4 is 50.5 Å². The second kappa shape index (κ2) is 11.6. The molecule has 0 bridgehead atoms. The quantitative estimate of drug-likeness (QED) is 0.217. The van der Waals surface area contributed by atoms with E-state index in [0.717, 1.165) is 6.08 Å². The Kier molecular flexibility index (Phi) is 8.09. The van der Waals surface area contributed by atoms with Crippen LogP contribution in [0.2, 0.25) is 5.02 Å². The van der Waals surface area contributed by atoms with Crippen molar-refractivity contribution in [2.75, 3.05) is 22.5 Å². The Morgan fingerprint density at radius 3 is 2.37 bits per heavy atom. The second-order valence-corrected chi connectivity index (χ2v) is 9.74. The molecule has 1 aromatic heterocycles. The van der Waals surface area contributed by atoms with Crippen LogP contribution in [0.3, 0.4) is 0 Å². The molecule has 4 rings (SSSR count). The fraction of sp³-hybridized carbons (Fsp3) is 0.0385. The van der Waals surface area contributed by atoms with E-state index in [4.69, 9.17) is 21.1 Å². The summed E-state index contributed by atoms with van der Waals surface area (Å²) >= 11 is 6.21. The van der Waals surface area contributed by atoms with Gasteiger partial charge < -0.3 is 20.1 Å². The molecular formula is C26H22ClN5O5S. The summed E-state index contributed by atoms with van der Waals surface area (Å²) in [7, 11) is -2.26. The third-order valence-corrected chi connectivity index (χ3v) is 6.63. The molecule has 1 amide bonds. The number of ether oxygens (including phenoxy) is 2. The zero-order valence-corrected chi connectivity index (χ0v) is 21.6. The van der Waals surface area contributed by atoms with E-state index in [0.29, 0.717) is 28.6 Å². The van der Waals surface area contributed by atoms with Crippen LogP contribution in [-0.4, -0.2) is 31.4 Å². The predicted octanol–water partition coefficient (Wildman–Crippen LogP) is 5.60. The molecule has 10 nitrogen and oxygen atoms in total. The van der Waals surface area contributed by atoms with Gasteiger partial charge in [0.2, 0.25) is 17.7 Å². The zero-order chi connectivity index (χ0) is 27.1. The van der Waals surface area contributed by atoms with Crippen molar-refractivity contribution in [3.8, 4) is 17.4 Å². The first kappa shape index (κ1) is 26.5. The summed E-state index contributed by atoms with van der Waals surface area (Å²) in [6, 6.07) is 19.3.